The molecule has 0 aliphatic carbocycles. The molecule has 0 aromatic heterocycles. The average Bonchev–Trinajstić information content (AvgIpc) is 2.83. The summed E-state index contributed by atoms with van der Waals surface area (Å²) in [4.78, 5) is 38.8. The number of amides is 4. The predicted molar refractivity (Wildman–Crippen MR) is 126 cm³/mol. The second kappa shape index (κ2) is 11.9. The lowest BCUT2D eigenvalue weighted by molar-refractivity contribution is -0.128. The summed E-state index contributed by atoms with van der Waals surface area (Å²) in [6.07, 6.45) is 1.72. The van der Waals surface area contributed by atoms with Gasteiger partial charge in [0.05, 0.1) is 7.11 Å². The molecule has 1 saturated heterocycles. The molecule has 3 N–H and O–H groups in total. The Kier molecular flexibility index (Phi) is 8.69. The lowest BCUT2D eigenvalue weighted by atomic mass is 10.0. The molecule has 0 radical (unpaired) electrons. The Balaban J connectivity index is 1.47. The van der Waals surface area contributed by atoms with E-state index in [1.54, 1.807) is 12.0 Å². The fourth-order valence-corrected chi connectivity index (χ4v) is 3.87. The minimum absolute atomic E-state index is 0.0391. The second-order valence-electron chi connectivity index (χ2n) is 8.22. The van der Waals surface area contributed by atoms with Crippen molar-refractivity contribution in [3.05, 3.63) is 65.7 Å². The lowest BCUT2D eigenvalue weighted by Gasteiger charge is -2.33. The van der Waals surface area contributed by atoms with Gasteiger partial charge in [-0.15, -0.1) is 0 Å². The standard InChI is InChI=1S/C25H32N4O4/c1-18(30)27-23(16-19-8-10-22(33-2)11-9-19)24(31)28-21-12-14-29(15-13-21)25(32)26-17-20-6-4-3-5-7-20/h3-11,21,23H,12-17H2,1-2H3,(H,26,32)(H,27,30)(H,28,31)/t23-/m0/s1. The summed E-state index contributed by atoms with van der Waals surface area (Å²) in [6, 6.07) is 16.4. The number of ether oxygens (including phenoxy) is 1. The first-order valence-corrected chi connectivity index (χ1v) is 11.2. The first kappa shape index (κ1) is 24.1. The molecule has 1 atom stereocenters. The molecule has 1 aliphatic heterocycles. The van der Waals surface area contributed by atoms with Crippen LogP contribution >= 0.6 is 0 Å². The molecule has 0 saturated carbocycles. The predicted octanol–water partition coefficient (Wildman–Crippen LogP) is 2.23. The zero-order valence-electron chi connectivity index (χ0n) is 19.2. The highest BCUT2D eigenvalue weighted by atomic mass is 16.5. The molecule has 8 heteroatoms. The van der Waals surface area contributed by atoms with E-state index in [-0.39, 0.29) is 23.9 Å². The molecule has 1 heterocycles. The van der Waals surface area contributed by atoms with Gasteiger partial charge < -0.3 is 25.6 Å². The highest BCUT2D eigenvalue weighted by Crippen LogP contribution is 2.14. The van der Waals surface area contributed by atoms with E-state index in [9.17, 15) is 14.4 Å². The van der Waals surface area contributed by atoms with Crippen LogP contribution in [0.1, 0.15) is 30.9 Å². The van der Waals surface area contributed by atoms with Crippen molar-refractivity contribution in [1.82, 2.24) is 20.9 Å². The Bertz CT molecular complexity index is 925. The summed E-state index contributed by atoms with van der Waals surface area (Å²) in [7, 11) is 1.60. The third-order valence-corrected chi connectivity index (χ3v) is 5.71. The average molecular weight is 453 g/mol. The summed E-state index contributed by atoms with van der Waals surface area (Å²) in [5.74, 6) is 0.264. The molecule has 176 valence electrons. The zero-order chi connectivity index (χ0) is 23.6. The van der Waals surface area contributed by atoms with Crippen LogP contribution in [0.25, 0.3) is 0 Å². The first-order valence-electron chi connectivity index (χ1n) is 11.2. The number of urea groups is 1. The van der Waals surface area contributed by atoms with E-state index in [0.717, 1.165) is 16.9 Å². The number of nitrogens with one attached hydrogen (secondary N) is 3. The number of hydrogen-bond acceptors (Lipinski definition) is 4. The molecule has 3 rings (SSSR count). The van der Waals surface area contributed by atoms with E-state index in [4.69, 9.17) is 4.74 Å². The molecule has 4 amide bonds. The largest absolute Gasteiger partial charge is 0.497 e. The van der Waals surface area contributed by atoms with Gasteiger partial charge in [-0.05, 0) is 36.1 Å². The van der Waals surface area contributed by atoms with Gasteiger partial charge >= 0.3 is 6.03 Å². The van der Waals surface area contributed by atoms with Crippen molar-refractivity contribution < 1.29 is 19.1 Å². The smallest absolute Gasteiger partial charge is 0.317 e. The number of likely N-dealkylation sites (tertiary alicyclic amines) is 1. The van der Waals surface area contributed by atoms with Crippen molar-refractivity contribution in [2.45, 2.75) is 44.8 Å². The van der Waals surface area contributed by atoms with E-state index in [1.807, 2.05) is 54.6 Å². The van der Waals surface area contributed by atoms with E-state index in [1.165, 1.54) is 6.92 Å². The molecular weight excluding hydrogens is 420 g/mol. The fraction of sp³-hybridized carbons (Fsp3) is 0.400. The van der Waals surface area contributed by atoms with Gasteiger partial charge in [-0.25, -0.2) is 4.79 Å². The number of piperidine rings is 1. The van der Waals surface area contributed by atoms with Crippen molar-refractivity contribution in [2.24, 2.45) is 0 Å². The Morgan fingerprint density at radius 1 is 1.00 bits per heavy atom. The van der Waals surface area contributed by atoms with Crippen LogP contribution in [0.2, 0.25) is 0 Å². The van der Waals surface area contributed by atoms with Gasteiger partial charge in [0, 0.05) is 39.0 Å². The number of hydrogen-bond donors (Lipinski definition) is 3. The fourth-order valence-electron chi connectivity index (χ4n) is 3.87. The van der Waals surface area contributed by atoms with Gasteiger partial charge in [0.1, 0.15) is 11.8 Å². The molecule has 1 aliphatic rings. The summed E-state index contributed by atoms with van der Waals surface area (Å²) >= 11 is 0. The van der Waals surface area contributed by atoms with Crippen LogP contribution in [-0.2, 0) is 22.6 Å². The van der Waals surface area contributed by atoms with Crippen LogP contribution < -0.4 is 20.7 Å². The van der Waals surface area contributed by atoms with Crippen LogP contribution in [0.5, 0.6) is 5.75 Å². The Morgan fingerprint density at radius 2 is 1.67 bits per heavy atom. The molecule has 0 bridgehead atoms. The van der Waals surface area contributed by atoms with E-state index in [0.29, 0.717) is 38.9 Å². The van der Waals surface area contributed by atoms with Gasteiger partial charge in [-0.3, -0.25) is 9.59 Å². The lowest BCUT2D eigenvalue weighted by Crippen LogP contribution is -2.54. The minimum atomic E-state index is -0.664. The zero-order valence-corrected chi connectivity index (χ0v) is 19.2. The Morgan fingerprint density at radius 3 is 2.27 bits per heavy atom. The number of carbonyl (C=O) groups excluding carboxylic acids is 3. The van der Waals surface area contributed by atoms with E-state index in [2.05, 4.69) is 16.0 Å². The van der Waals surface area contributed by atoms with Crippen molar-refractivity contribution in [3.8, 4) is 5.75 Å². The van der Waals surface area contributed by atoms with Crippen molar-refractivity contribution in [1.29, 1.82) is 0 Å². The number of methoxy groups -OCH3 is 1. The van der Waals surface area contributed by atoms with Crippen LogP contribution in [-0.4, -0.2) is 55.0 Å². The Hall–Kier alpha value is -3.55. The normalized spacial score (nSPS) is 14.8. The molecule has 8 nitrogen and oxygen atoms in total. The third kappa shape index (κ3) is 7.52. The van der Waals surface area contributed by atoms with Crippen LogP contribution in [0.4, 0.5) is 4.79 Å². The van der Waals surface area contributed by atoms with Crippen molar-refractivity contribution in [3.63, 3.8) is 0 Å². The maximum absolute atomic E-state index is 12.9. The van der Waals surface area contributed by atoms with Crippen LogP contribution in [0.3, 0.4) is 0 Å². The first-order chi connectivity index (χ1) is 15.9. The highest BCUT2D eigenvalue weighted by molar-refractivity contribution is 5.87. The van der Waals surface area contributed by atoms with Gasteiger partial charge in [-0.2, -0.15) is 0 Å². The maximum atomic E-state index is 12.9. The summed E-state index contributed by atoms with van der Waals surface area (Å²) < 4.78 is 5.17. The van der Waals surface area contributed by atoms with E-state index >= 15 is 0 Å². The van der Waals surface area contributed by atoms with E-state index < -0.39 is 6.04 Å². The minimum Gasteiger partial charge on any atom is -0.497 e. The third-order valence-electron chi connectivity index (χ3n) is 5.71. The summed E-state index contributed by atoms with van der Waals surface area (Å²) in [5, 5.41) is 8.74. The molecule has 2 aromatic rings. The number of nitrogens with zero attached hydrogens (tertiary/aromatic N) is 1. The molecule has 33 heavy (non-hydrogen) atoms. The Labute approximate surface area is 194 Å². The van der Waals surface area contributed by atoms with Gasteiger partial charge in [-0.1, -0.05) is 42.5 Å². The van der Waals surface area contributed by atoms with Gasteiger partial charge in [0.25, 0.3) is 0 Å². The molecule has 2 aromatic carbocycles. The molecule has 1 fully saturated rings. The van der Waals surface area contributed by atoms with Crippen LogP contribution in [0.15, 0.2) is 54.6 Å². The number of carbonyl (C=O) groups is 3. The molecular formula is C25H32N4O4. The monoisotopic (exact) mass is 452 g/mol. The maximum Gasteiger partial charge on any atom is 0.317 e. The van der Waals surface area contributed by atoms with Gasteiger partial charge in [0.15, 0.2) is 0 Å². The highest BCUT2D eigenvalue weighted by Gasteiger charge is 2.27. The number of rotatable bonds is 8. The summed E-state index contributed by atoms with van der Waals surface area (Å²) in [6.45, 7) is 3.02. The van der Waals surface area contributed by atoms with Crippen LogP contribution in [0, 0.1) is 0 Å². The second-order valence-corrected chi connectivity index (χ2v) is 8.22. The number of benzene rings is 2. The van der Waals surface area contributed by atoms with Gasteiger partial charge in [0.2, 0.25) is 11.8 Å². The van der Waals surface area contributed by atoms with Crippen molar-refractivity contribution >= 4 is 17.8 Å². The SMILES string of the molecule is COc1ccc(C[C@H](NC(C)=O)C(=O)NC2CCN(C(=O)NCc3ccccc3)CC2)cc1. The molecule has 0 unspecified atom stereocenters. The topological polar surface area (TPSA) is 99.8 Å². The quantitative estimate of drug-likeness (QED) is 0.572. The summed E-state index contributed by atoms with van der Waals surface area (Å²) in [5.41, 5.74) is 1.98. The van der Waals surface area contributed by atoms with Crippen molar-refractivity contribution in [2.75, 3.05) is 20.2 Å². The molecule has 0 spiro atoms.